The molecule has 3 nitrogen and oxygen atoms in total. The van der Waals surface area contributed by atoms with Crippen molar-refractivity contribution in [1.82, 2.24) is 5.32 Å². The molecule has 0 saturated heterocycles. The van der Waals surface area contributed by atoms with Gasteiger partial charge < -0.3 is 10.6 Å². The van der Waals surface area contributed by atoms with Gasteiger partial charge in [-0.05, 0) is 42.2 Å². The normalized spacial score (nSPS) is 12.6. The largest absolute Gasteiger partial charge is 0.384 e. The van der Waals surface area contributed by atoms with Gasteiger partial charge in [-0.1, -0.05) is 24.3 Å². The van der Waals surface area contributed by atoms with E-state index in [2.05, 4.69) is 10.6 Å². The fourth-order valence-electron chi connectivity index (χ4n) is 2.55. The molecule has 3 rings (SSSR count). The second-order valence-electron chi connectivity index (χ2n) is 5.15. The van der Waals surface area contributed by atoms with Crippen molar-refractivity contribution in [2.24, 2.45) is 0 Å². The van der Waals surface area contributed by atoms with Gasteiger partial charge >= 0.3 is 0 Å². The summed E-state index contributed by atoms with van der Waals surface area (Å²) in [5.74, 6) is -0.351. The molecule has 2 aromatic rings. The second-order valence-corrected chi connectivity index (χ2v) is 5.15. The van der Waals surface area contributed by atoms with Crippen LogP contribution in [0, 0.1) is 5.82 Å². The Morgan fingerprint density at radius 1 is 1.24 bits per heavy atom. The lowest BCUT2D eigenvalue weighted by molar-refractivity contribution is 0.0954. The highest BCUT2D eigenvalue weighted by atomic mass is 19.1. The minimum Gasteiger partial charge on any atom is -0.384 e. The van der Waals surface area contributed by atoms with E-state index in [0.717, 1.165) is 18.7 Å². The lowest BCUT2D eigenvalue weighted by Gasteiger charge is -2.08. The number of halogens is 1. The molecule has 21 heavy (non-hydrogen) atoms. The van der Waals surface area contributed by atoms with Crippen LogP contribution in [-0.4, -0.2) is 19.0 Å². The number of hydrogen-bond acceptors (Lipinski definition) is 2. The van der Waals surface area contributed by atoms with E-state index in [1.165, 1.54) is 11.6 Å². The van der Waals surface area contributed by atoms with Crippen LogP contribution in [0.3, 0.4) is 0 Å². The maximum atomic E-state index is 13.5. The van der Waals surface area contributed by atoms with Gasteiger partial charge in [0.2, 0.25) is 0 Å². The molecule has 108 valence electrons. The predicted octanol–water partition coefficient (Wildman–Crippen LogP) is 2.77. The van der Waals surface area contributed by atoms with Gasteiger partial charge in [-0.25, -0.2) is 4.39 Å². The van der Waals surface area contributed by atoms with E-state index in [1.54, 1.807) is 18.2 Å². The van der Waals surface area contributed by atoms with E-state index in [-0.39, 0.29) is 11.7 Å². The van der Waals surface area contributed by atoms with E-state index in [0.29, 0.717) is 24.1 Å². The molecule has 1 aliphatic heterocycles. The van der Waals surface area contributed by atoms with Crippen molar-refractivity contribution >= 4 is 11.6 Å². The van der Waals surface area contributed by atoms with Gasteiger partial charge in [0.1, 0.15) is 5.82 Å². The summed E-state index contributed by atoms with van der Waals surface area (Å²) in [5.41, 5.74) is 3.54. The quantitative estimate of drug-likeness (QED) is 0.906. The van der Waals surface area contributed by atoms with Gasteiger partial charge in [-0.15, -0.1) is 0 Å². The molecule has 0 aliphatic carbocycles. The number of carbonyl (C=O) groups is 1. The molecule has 0 radical (unpaired) electrons. The molecule has 0 unspecified atom stereocenters. The van der Waals surface area contributed by atoms with Crippen molar-refractivity contribution in [3.8, 4) is 0 Å². The maximum Gasteiger partial charge on any atom is 0.251 e. The Kier molecular flexibility index (Phi) is 3.86. The van der Waals surface area contributed by atoms with Crippen LogP contribution in [0.5, 0.6) is 0 Å². The summed E-state index contributed by atoms with van der Waals surface area (Å²) in [6, 6.07) is 12.3. The standard InChI is InChI=1S/C17H17FN2O/c18-15-4-2-1-3-12(15)7-10-20-17(21)14-6-5-13-8-9-19-16(13)11-14/h1-6,11,19H,7-10H2,(H,20,21). The molecular formula is C17H17FN2O. The average Bonchev–Trinajstić information content (AvgIpc) is 2.96. The Labute approximate surface area is 123 Å². The Morgan fingerprint density at radius 3 is 2.95 bits per heavy atom. The molecule has 0 fully saturated rings. The van der Waals surface area contributed by atoms with Gasteiger partial charge in [-0.3, -0.25) is 4.79 Å². The molecule has 0 bridgehead atoms. The summed E-state index contributed by atoms with van der Waals surface area (Å²) in [4.78, 5) is 12.1. The summed E-state index contributed by atoms with van der Waals surface area (Å²) in [6.07, 6.45) is 1.49. The molecule has 0 aromatic heterocycles. The molecule has 1 heterocycles. The number of rotatable bonds is 4. The van der Waals surface area contributed by atoms with Gasteiger partial charge in [-0.2, -0.15) is 0 Å². The third kappa shape index (κ3) is 3.05. The molecule has 0 saturated carbocycles. The zero-order valence-corrected chi connectivity index (χ0v) is 11.7. The topological polar surface area (TPSA) is 41.1 Å². The lowest BCUT2D eigenvalue weighted by atomic mass is 10.1. The molecule has 1 amide bonds. The zero-order chi connectivity index (χ0) is 14.7. The fourth-order valence-corrected chi connectivity index (χ4v) is 2.55. The van der Waals surface area contributed by atoms with Crippen molar-refractivity contribution in [2.45, 2.75) is 12.8 Å². The number of amides is 1. The highest BCUT2D eigenvalue weighted by Gasteiger charge is 2.13. The number of anilines is 1. The third-order valence-corrected chi connectivity index (χ3v) is 3.72. The van der Waals surface area contributed by atoms with Crippen LogP contribution in [-0.2, 0) is 12.8 Å². The van der Waals surface area contributed by atoms with Crippen molar-refractivity contribution < 1.29 is 9.18 Å². The highest BCUT2D eigenvalue weighted by Crippen LogP contribution is 2.23. The third-order valence-electron chi connectivity index (χ3n) is 3.72. The van der Waals surface area contributed by atoms with Crippen molar-refractivity contribution in [3.05, 3.63) is 65.0 Å². The minimum absolute atomic E-state index is 0.122. The molecule has 0 atom stereocenters. The van der Waals surface area contributed by atoms with Gasteiger partial charge in [0.15, 0.2) is 0 Å². The zero-order valence-electron chi connectivity index (χ0n) is 11.7. The van der Waals surface area contributed by atoms with E-state index < -0.39 is 0 Å². The molecular weight excluding hydrogens is 267 g/mol. The van der Waals surface area contributed by atoms with Crippen LogP contribution >= 0.6 is 0 Å². The second kappa shape index (κ2) is 5.95. The first kappa shape index (κ1) is 13.6. The summed E-state index contributed by atoms with van der Waals surface area (Å²) in [5, 5.41) is 6.09. The van der Waals surface area contributed by atoms with Gasteiger partial charge in [0.25, 0.3) is 5.91 Å². The first-order valence-electron chi connectivity index (χ1n) is 7.12. The van der Waals surface area contributed by atoms with Crippen molar-refractivity contribution in [2.75, 3.05) is 18.4 Å². The molecule has 0 spiro atoms. The summed E-state index contributed by atoms with van der Waals surface area (Å²) < 4.78 is 13.5. The highest BCUT2D eigenvalue weighted by molar-refractivity contribution is 5.95. The number of carbonyl (C=O) groups excluding carboxylic acids is 1. The molecule has 4 heteroatoms. The SMILES string of the molecule is O=C(NCCc1ccccc1F)c1ccc2c(c1)NCC2. The van der Waals surface area contributed by atoms with E-state index in [9.17, 15) is 9.18 Å². The van der Waals surface area contributed by atoms with E-state index in [4.69, 9.17) is 0 Å². The van der Waals surface area contributed by atoms with Gasteiger partial charge in [0.05, 0.1) is 0 Å². The monoisotopic (exact) mass is 284 g/mol. The first-order chi connectivity index (χ1) is 10.2. The smallest absolute Gasteiger partial charge is 0.251 e. The van der Waals surface area contributed by atoms with Crippen molar-refractivity contribution in [1.29, 1.82) is 0 Å². The van der Waals surface area contributed by atoms with Crippen LogP contribution in [0.1, 0.15) is 21.5 Å². The number of hydrogen-bond donors (Lipinski definition) is 2. The Bertz CT molecular complexity index is 670. The van der Waals surface area contributed by atoms with E-state index in [1.807, 2.05) is 18.2 Å². The van der Waals surface area contributed by atoms with Crippen LogP contribution in [0.4, 0.5) is 10.1 Å². The summed E-state index contributed by atoms with van der Waals surface area (Å²) in [6.45, 7) is 1.35. The van der Waals surface area contributed by atoms with E-state index >= 15 is 0 Å². The first-order valence-corrected chi connectivity index (χ1v) is 7.12. The van der Waals surface area contributed by atoms with Crippen LogP contribution in [0.25, 0.3) is 0 Å². The Balaban J connectivity index is 1.58. The molecule has 2 aromatic carbocycles. The van der Waals surface area contributed by atoms with Gasteiger partial charge in [0, 0.05) is 24.3 Å². The Hall–Kier alpha value is -2.36. The summed E-state index contributed by atoms with van der Waals surface area (Å²) in [7, 11) is 0. The predicted molar refractivity (Wildman–Crippen MR) is 81.1 cm³/mol. The number of nitrogens with one attached hydrogen (secondary N) is 2. The molecule has 1 aliphatic rings. The summed E-state index contributed by atoms with van der Waals surface area (Å²) >= 11 is 0. The maximum absolute atomic E-state index is 13.5. The van der Waals surface area contributed by atoms with Crippen LogP contribution in [0.15, 0.2) is 42.5 Å². The minimum atomic E-state index is -0.228. The average molecular weight is 284 g/mol. The fraction of sp³-hybridized carbons (Fsp3) is 0.235. The van der Waals surface area contributed by atoms with Crippen LogP contribution < -0.4 is 10.6 Å². The molecule has 2 N–H and O–H groups in total. The Morgan fingerprint density at radius 2 is 2.10 bits per heavy atom. The number of fused-ring (bicyclic) bond motifs is 1. The number of benzene rings is 2. The van der Waals surface area contributed by atoms with Crippen molar-refractivity contribution in [3.63, 3.8) is 0 Å². The lowest BCUT2D eigenvalue weighted by Crippen LogP contribution is -2.25. The van der Waals surface area contributed by atoms with Crippen LogP contribution in [0.2, 0.25) is 0 Å².